The van der Waals surface area contributed by atoms with Crippen LogP contribution in [0.4, 0.5) is 11.4 Å². The van der Waals surface area contributed by atoms with Crippen molar-refractivity contribution in [2.24, 2.45) is 0 Å². The number of rotatable bonds is 3. The molecule has 1 aliphatic heterocycles. The summed E-state index contributed by atoms with van der Waals surface area (Å²) in [5.41, 5.74) is 2.51. The summed E-state index contributed by atoms with van der Waals surface area (Å²) in [7, 11) is 0. The number of carbonyl (C=O) groups is 1. The highest BCUT2D eigenvalue weighted by Crippen LogP contribution is 2.34. The molecule has 0 saturated carbocycles. The molecule has 1 aromatic rings. The van der Waals surface area contributed by atoms with Gasteiger partial charge in [0.2, 0.25) is 5.91 Å². The molecule has 0 saturated heterocycles. The van der Waals surface area contributed by atoms with Crippen molar-refractivity contribution in [3.8, 4) is 0 Å². The van der Waals surface area contributed by atoms with Crippen molar-refractivity contribution < 1.29 is 9.72 Å². The van der Waals surface area contributed by atoms with Gasteiger partial charge in [-0.3, -0.25) is 14.9 Å². The van der Waals surface area contributed by atoms with E-state index < -0.39 is 4.92 Å². The summed E-state index contributed by atoms with van der Waals surface area (Å²) in [5, 5.41) is 10.8. The number of nitro groups is 1. The number of carbonyl (C=O) groups excluding carboxylic acids is 1. The van der Waals surface area contributed by atoms with E-state index in [1.807, 2.05) is 0 Å². The maximum atomic E-state index is 11.9. The Morgan fingerprint density at radius 3 is 2.83 bits per heavy atom. The smallest absolute Gasteiger partial charge is 0.270 e. The lowest BCUT2D eigenvalue weighted by Gasteiger charge is -2.29. The molecule has 1 heterocycles. The van der Waals surface area contributed by atoms with Gasteiger partial charge in [0.25, 0.3) is 5.69 Å². The largest absolute Gasteiger partial charge is 0.308 e. The van der Waals surface area contributed by atoms with E-state index >= 15 is 0 Å². The Balaban J connectivity index is 2.55. The van der Waals surface area contributed by atoms with Crippen molar-refractivity contribution in [3.05, 3.63) is 46.0 Å². The topological polar surface area (TPSA) is 63.5 Å². The molecule has 0 atom stereocenters. The first-order valence-electron chi connectivity index (χ1n) is 5.73. The maximum Gasteiger partial charge on any atom is 0.270 e. The van der Waals surface area contributed by atoms with Crippen molar-refractivity contribution in [3.63, 3.8) is 0 Å². The lowest BCUT2D eigenvalue weighted by atomic mass is 9.97. The fraction of sp³-hybridized carbons (Fsp3) is 0.308. The number of nitro benzene ring substituents is 1. The van der Waals surface area contributed by atoms with Gasteiger partial charge in [0.15, 0.2) is 0 Å². The second-order valence-corrected chi connectivity index (χ2v) is 4.32. The van der Waals surface area contributed by atoms with Crippen molar-refractivity contribution in [1.82, 2.24) is 0 Å². The van der Waals surface area contributed by atoms with Crippen LogP contribution in [0.15, 0.2) is 24.8 Å². The van der Waals surface area contributed by atoms with Gasteiger partial charge >= 0.3 is 0 Å². The predicted octanol–water partition coefficient (Wildman–Crippen LogP) is 2.37. The van der Waals surface area contributed by atoms with E-state index in [0.29, 0.717) is 19.4 Å². The van der Waals surface area contributed by atoms with Gasteiger partial charge in [-0.05, 0) is 24.5 Å². The Morgan fingerprint density at radius 1 is 1.50 bits per heavy atom. The maximum absolute atomic E-state index is 11.9. The van der Waals surface area contributed by atoms with Crippen LogP contribution in [0.5, 0.6) is 0 Å². The lowest BCUT2D eigenvalue weighted by molar-refractivity contribution is -0.385. The number of fused-ring (bicyclic) bond motifs is 1. The molecular weight excluding hydrogens is 232 g/mol. The number of hydrogen-bond acceptors (Lipinski definition) is 3. The Labute approximate surface area is 105 Å². The van der Waals surface area contributed by atoms with Crippen molar-refractivity contribution >= 4 is 17.3 Å². The van der Waals surface area contributed by atoms with Crippen molar-refractivity contribution in [1.29, 1.82) is 0 Å². The predicted molar refractivity (Wildman–Crippen MR) is 68.7 cm³/mol. The normalized spacial score (nSPS) is 14.3. The molecule has 0 unspecified atom stereocenters. The highest BCUT2D eigenvalue weighted by molar-refractivity contribution is 5.97. The molecule has 0 radical (unpaired) electrons. The van der Waals surface area contributed by atoms with Crippen LogP contribution in [0, 0.1) is 17.0 Å². The molecule has 2 rings (SSSR count). The highest BCUT2D eigenvalue weighted by Gasteiger charge is 2.26. The molecule has 1 amide bonds. The fourth-order valence-corrected chi connectivity index (χ4v) is 2.34. The monoisotopic (exact) mass is 246 g/mol. The molecule has 0 fully saturated rings. The summed E-state index contributed by atoms with van der Waals surface area (Å²) in [6, 6.07) is 3.07. The van der Waals surface area contributed by atoms with Crippen molar-refractivity contribution in [2.75, 3.05) is 11.4 Å². The zero-order valence-electron chi connectivity index (χ0n) is 10.2. The van der Waals surface area contributed by atoms with E-state index in [-0.39, 0.29) is 11.6 Å². The van der Waals surface area contributed by atoms with E-state index in [1.165, 1.54) is 6.07 Å². The van der Waals surface area contributed by atoms with Gasteiger partial charge in [0.05, 0.1) is 10.6 Å². The molecule has 0 N–H and O–H groups in total. The number of hydrogen-bond donors (Lipinski definition) is 0. The average molecular weight is 246 g/mol. The number of amides is 1. The van der Waals surface area contributed by atoms with Crippen LogP contribution in [0.2, 0.25) is 0 Å². The molecule has 5 heteroatoms. The molecule has 0 aliphatic carbocycles. The Kier molecular flexibility index (Phi) is 3.14. The Hall–Kier alpha value is -2.17. The van der Waals surface area contributed by atoms with Gasteiger partial charge in [-0.2, -0.15) is 0 Å². The van der Waals surface area contributed by atoms with Crippen LogP contribution in [0.1, 0.15) is 17.5 Å². The average Bonchev–Trinajstić information content (AvgIpc) is 2.32. The van der Waals surface area contributed by atoms with Crippen molar-refractivity contribution in [2.45, 2.75) is 19.8 Å². The van der Waals surface area contributed by atoms with Gasteiger partial charge < -0.3 is 4.90 Å². The lowest BCUT2D eigenvalue weighted by Crippen LogP contribution is -2.35. The van der Waals surface area contributed by atoms with Gasteiger partial charge in [0.1, 0.15) is 0 Å². The van der Waals surface area contributed by atoms with E-state index in [0.717, 1.165) is 16.8 Å². The van der Waals surface area contributed by atoms with Gasteiger partial charge in [-0.15, -0.1) is 6.58 Å². The number of non-ortho nitro benzene ring substituents is 1. The molecule has 5 nitrogen and oxygen atoms in total. The summed E-state index contributed by atoms with van der Waals surface area (Å²) < 4.78 is 0. The SMILES string of the molecule is C=CCN1C(=O)CCc2cc([N+](=O)[O-])cc(C)c21. The van der Waals surface area contributed by atoms with Crippen LogP contribution < -0.4 is 4.90 Å². The van der Waals surface area contributed by atoms with Crippen LogP contribution in [-0.4, -0.2) is 17.4 Å². The molecule has 1 aliphatic rings. The zero-order valence-corrected chi connectivity index (χ0v) is 10.2. The summed E-state index contributed by atoms with van der Waals surface area (Å²) in [5.74, 6) is 0.0411. The minimum Gasteiger partial charge on any atom is -0.308 e. The number of aryl methyl sites for hydroxylation is 2. The van der Waals surface area contributed by atoms with Crippen LogP contribution in [-0.2, 0) is 11.2 Å². The number of nitrogens with zero attached hydrogens (tertiary/aromatic N) is 2. The van der Waals surface area contributed by atoms with Crippen LogP contribution in [0.3, 0.4) is 0 Å². The minimum absolute atomic E-state index is 0.0411. The zero-order chi connectivity index (χ0) is 13.3. The molecule has 18 heavy (non-hydrogen) atoms. The molecule has 0 bridgehead atoms. The van der Waals surface area contributed by atoms with E-state index in [2.05, 4.69) is 6.58 Å². The van der Waals surface area contributed by atoms with E-state index in [4.69, 9.17) is 0 Å². The summed E-state index contributed by atoms with van der Waals surface area (Å²) in [6.07, 6.45) is 2.61. The summed E-state index contributed by atoms with van der Waals surface area (Å²) >= 11 is 0. The van der Waals surface area contributed by atoms with Gasteiger partial charge in [-0.25, -0.2) is 0 Å². The van der Waals surface area contributed by atoms with Gasteiger partial charge in [0, 0.05) is 25.1 Å². The first-order valence-corrected chi connectivity index (χ1v) is 5.73. The summed E-state index contributed by atoms with van der Waals surface area (Å²) in [4.78, 5) is 23.9. The van der Waals surface area contributed by atoms with Gasteiger partial charge in [-0.1, -0.05) is 6.08 Å². The molecule has 1 aromatic carbocycles. The van der Waals surface area contributed by atoms with E-state index in [9.17, 15) is 14.9 Å². The third-order valence-electron chi connectivity index (χ3n) is 3.07. The highest BCUT2D eigenvalue weighted by atomic mass is 16.6. The number of anilines is 1. The summed E-state index contributed by atoms with van der Waals surface area (Å²) in [6.45, 7) is 5.86. The first kappa shape index (κ1) is 12.3. The van der Waals surface area contributed by atoms with Crippen LogP contribution >= 0.6 is 0 Å². The Bertz CT molecular complexity index is 537. The van der Waals surface area contributed by atoms with E-state index in [1.54, 1.807) is 24.0 Å². The molecule has 0 aromatic heterocycles. The second-order valence-electron chi connectivity index (χ2n) is 4.32. The van der Waals surface area contributed by atoms with Crippen LogP contribution in [0.25, 0.3) is 0 Å². The quantitative estimate of drug-likeness (QED) is 0.467. The third kappa shape index (κ3) is 1.99. The molecule has 94 valence electrons. The molecule has 0 spiro atoms. The third-order valence-corrected chi connectivity index (χ3v) is 3.07. The Morgan fingerprint density at radius 2 is 2.22 bits per heavy atom. The fourth-order valence-electron chi connectivity index (χ4n) is 2.34. The second kappa shape index (κ2) is 4.60. The first-order chi connectivity index (χ1) is 8.54. The minimum atomic E-state index is -0.401. The molecular formula is C13H14N2O3. The number of benzene rings is 1. The standard InChI is InChI=1S/C13H14N2O3/c1-3-6-14-12(16)5-4-10-8-11(15(17)18)7-9(2)13(10)14/h3,7-8H,1,4-6H2,2H3.